The molecule has 1 amide bonds. The van der Waals surface area contributed by atoms with Gasteiger partial charge in [-0.1, -0.05) is 51.2 Å². The predicted molar refractivity (Wildman–Crippen MR) is 145 cm³/mol. The highest BCUT2D eigenvalue weighted by atomic mass is 16.7. The lowest BCUT2D eigenvalue weighted by Crippen LogP contribution is -2.35. The van der Waals surface area contributed by atoms with Crippen molar-refractivity contribution in [3.63, 3.8) is 0 Å². The van der Waals surface area contributed by atoms with E-state index in [0.29, 0.717) is 34.7 Å². The van der Waals surface area contributed by atoms with E-state index in [1.165, 1.54) is 29.7 Å². The number of hydrogen-bond acceptors (Lipinski definition) is 6. The number of ether oxygens (including phenoxy) is 2. The van der Waals surface area contributed by atoms with Gasteiger partial charge in [-0.05, 0) is 48.7 Å². The molecule has 1 aromatic carbocycles. The van der Waals surface area contributed by atoms with Crippen LogP contribution in [0.5, 0.6) is 11.5 Å². The molecule has 4 heterocycles. The summed E-state index contributed by atoms with van der Waals surface area (Å²) in [4.78, 5) is 31.6. The first kappa shape index (κ1) is 25.5. The normalized spacial score (nSPS) is 12.4. The molecule has 3 aromatic heterocycles. The van der Waals surface area contributed by atoms with E-state index in [0.717, 1.165) is 30.4 Å². The third-order valence-corrected chi connectivity index (χ3v) is 7.00. The molecule has 0 bridgehead atoms. The number of pyridine rings is 2. The van der Waals surface area contributed by atoms with Crippen LogP contribution in [-0.4, -0.2) is 26.7 Å². The summed E-state index contributed by atoms with van der Waals surface area (Å²) in [7, 11) is 0. The van der Waals surface area contributed by atoms with Crippen LogP contribution in [0, 0.1) is 12.3 Å². The lowest BCUT2D eigenvalue weighted by Gasteiger charge is -2.15. The number of benzene rings is 1. The largest absolute Gasteiger partial charge is 0.454 e. The SMILES string of the molecule is CCCCCCCCn1c(=N)c(C(=O)NCc2ccc3c(c2)OCO3)cc2c(=O)n3cccc(C)c3nc21. The Labute approximate surface area is 220 Å². The molecule has 0 saturated heterocycles. The van der Waals surface area contributed by atoms with Crippen LogP contribution in [0.4, 0.5) is 0 Å². The Balaban J connectivity index is 1.49. The minimum absolute atomic E-state index is 0.0547. The van der Waals surface area contributed by atoms with Crippen LogP contribution in [0.25, 0.3) is 16.7 Å². The highest BCUT2D eigenvalue weighted by molar-refractivity contribution is 5.96. The second-order valence-corrected chi connectivity index (χ2v) is 9.74. The van der Waals surface area contributed by atoms with Gasteiger partial charge < -0.3 is 19.4 Å². The zero-order valence-corrected chi connectivity index (χ0v) is 21.9. The van der Waals surface area contributed by atoms with Crippen LogP contribution < -0.4 is 25.8 Å². The van der Waals surface area contributed by atoms with Crippen LogP contribution >= 0.6 is 0 Å². The molecule has 0 aliphatic carbocycles. The van der Waals surface area contributed by atoms with Gasteiger partial charge in [-0.15, -0.1) is 0 Å². The number of fused-ring (bicyclic) bond motifs is 3. The molecule has 198 valence electrons. The van der Waals surface area contributed by atoms with E-state index in [-0.39, 0.29) is 29.9 Å². The summed E-state index contributed by atoms with van der Waals surface area (Å²) >= 11 is 0. The van der Waals surface area contributed by atoms with E-state index in [2.05, 4.69) is 12.2 Å². The number of aryl methyl sites for hydroxylation is 2. The van der Waals surface area contributed by atoms with Gasteiger partial charge in [-0.3, -0.25) is 19.4 Å². The summed E-state index contributed by atoms with van der Waals surface area (Å²) in [5.74, 6) is 0.899. The lowest BCUT2D eigenvalue weighted by atomic mass is 10.1. The Morgan fingerprint density at radius 1 is 1.05 bits per heavy atom. The van der Waals surface area contributed by atoms with Crippen molar-refractivity contribution in [2.75, 3.05) is 6.79 Å². The molecule has 1 aliphatic heterocycles. The van der Waals surface area contributed by atoms with Crippen molar-refractivity contribution in [1.82, 2.24) is 19.3 Å². The second-order valence-electron chi connectivity index (χ2n) is 9.74. The molecule has 0 spiro atoms. The van der Waals surface area contributed by atoms with Gasteiger partial charge in [-0.25, -0.2) is 4.98 Å². The maximum absolute atomic E-state index is 13.5. The lowest BCUT2D eigenvalue weighted by molar-refractivity contribution is 0.0948. The van der Waals surface area contributed by atoms with Gasteiger partial charge >= 0.3 is 0 Å². The number of carbonyl (C=O) groups excluding carboxylic acids is 1. The van der Waals surface area contributed by atoms with Crippen LogP contribution in [0.3, 0.4) is 0 Å². The summed E-state index contributed by atoms with van der Waals surface area (Å²) in [6.45, 7) is 5.04. The number of nitrogens with one attached hydrogen (secondary N) is 2. The Morgan fingerprint density at radius 3 is 2.68 bits per heavy atom. The van der Waals surface area contributed by atoms with Crippen molar-refractivity contribution in [3.05, 3.63) is 75.1 Å². The number of nitrogens with zero attached hydrogens (tertiary/aromatic N) is 3. The first-order chi connectivity index (χ1) is 18.5. The van der Waals surface area contributed by atoms with Crippen molar-refractivity contribution in [2.24, 2.45) is 0 Å². The maximum atomic E-state index is 13.5. The van der Waals surface area contributed by atoms with Crippen molar-refractivity contribution >= 4 is 22.6 Å². The van der Waals surface area contributed by atoms with E-state index in [1.54, 1.807) is 16.8 Å². The molecular weight excluding hydrogens is 482 g/mol. The highest BCUT2D eigenvalue weighted by Gasteiger charge is 2.19. The standard InChI is InChI=1S/C29H33N5O4/c1-3-4-5-6-7-8-13-33-25(30)21(28(35)31-17-20-11-12-23-24(15-20)38-18-37-23)16-22-27(33)32-26-19(2)10-9-14-34(26)29(22)36/h9-12,14-16,30H,3-8,13,17-18H2,1-2H3,(H,31,35). The van der Waals surface area contributed by atoms with E-state index in [4.69, 9.17) is 19.9 Å². The van der Waals surface area contributed by atoms with Crippen molar-refractivity contribution in [2.45, 2.75) is 65.5 Å². The second kappa shape index (κ2) is 11.1. The van der Waals surface area contributed by atoms with Crippen LogP contribution in [0.2, 0.25) is 0 Å². The summed E-state index contributed by atoms with van der Waals surface area (Å²) in [5.41, 5.74) is 2.66. The zero-order valence-electron chi connectivity index (χ0n) is 21.9. The van der Waals surface area contributed by atoms with Crippen molar-refractivity contribution < 1.29 is 14.3 Å². The van der Waals surface area contributed by atoms with Crippen molar-refractivity contribution in [3.8, 4) is 11.5 Å². The number of aromatic nitrogens is 3. The molecular formula is C29H33N5O4. The van der Waals surface area contributed by atoms with Crippen LogP contribution in [-0.2, 0) is 13.1 Å². The molecule has 4 aromatic rings. The van der Waals surface area contributed by atoms with E-state index in [1.807, 2.05) is 31.2 Å². The molecule has 38 heavy (non-hydrogen) atoms. The Bertz CT molecular complexity index is 1620. The number of amides is 1. The summed E-state index contributed by atoms with van der Waals surface area (Å²) < 4.78 is 14.0. The number of carbonyl (C=O) groups is 1. The molecule has 9 heteroatoms. The van der Waals surface area contributed by atoms with Gasteiger partial charge in [0.05, 0.1) is 10.9 Å². The predicted octanol–water partition coefficient (Wildman–Crippen LogP) is 4.46. The molecule has 1 aliphatic rings. The topological polar surface area (TPSA) is 111 Å². The van der Waals surface area contributed by atoms with Crippen LogP contribution in [0.15, 0.2) is 47.4 Å². The summed E-state index contributed by atoms with van der Waals surface area (Å²) in [6, 6.07) is 10.7. The average molecular weight is 516 g/mol. The molecule has 0 unspecified atom stereocenters. The van der Waals surface area contributed by atoms with Gasteiger partial charge in [0.2, 0.25) is 6.79 Å². The molecule has 0 radical (unpaired) electrons. The minimum Gasteiger partial charge on any atom is -0.454 e. The van der Waals surface area contributed by atoms with E-state index in [9.17, 15) is 9.59 Å². The molecule has 0 atom stereocenters. The fourth-order valence-electron chi connectivity index (χ4n) is 4.87. The fraction of sp³-hybridized carbons (Fsp3) is 0.379. The Hall–Kier alpha value is -4.14. The third-order valence-electron chi connectivity index (χ3n) is 7.00. The van der Waals surface area contributed by atoms with Gasteiger partial charge in [0.1, 0.15) is 16.8 Å². The molecule has 0 fully saturated rings. The number of rotatable bonds is 10. The van der Waals surface area contributed by atoms with E-state index >= 15 is 0 Å². The highest BCUT2D eigenvalue weighted by Crippen LogP contribution is 2.32. The first-order valence-corrected chi connectivity index (χ1v) is 13.2. The Kier molecular flexibility index (Phi) is 7.44. The van der Waals surface area contributed by atoms with Crippen LogP contribution in [0.1, 0.15) is 66.9 Å². The van der Waals surface area contributed by atoms with Gasteiger partial charge in [0.25, 0.3) is 11.5 Å². The summed E-state index contributed by atoms with van der Waals surface area (Å²) in [5, 5.41) is 12.2. The van der Waals surface area contributed by atoms with Crippen molar-refractivity contribution in [1.29, 1.82) is 5.41 Å². The minimum atomic E-state index is -0.417. The van der Waals surface area contributed by atoms with Gasteiger partial charge in [-0.2, -0.15) is 0 Å². The smallest absolute Gasteiger partial charge is 0.267 e. The number of hydrogen-bond donors (Lipinski definition) is 2. The fourth-order valence-corrected chi connectivity index (χ4v) is 4.87. The zero-order chi connectivity index (χ0) is 26.6. The molecule has 5 rings (SSSR count). The maximum Gasteiger partial charge on any atom is 0.267 e. The molecule has 2 N–H and O–H groups in total. The third kappa shape index (κ3) is 5.01. The van der Waals surface area contributed by atoms with Gasteiger partial charge in [0, 0.05) is 19.3 Å². The van der Waals surface area contributed by atoms with Gasteiger partial charge in [0.15, 0.2) is 11.5 Å². The first-order valence-electron chi connectivity index (χ1n) is 13.2. The van der Waals surface area contributed by atoms with E-state index < -0.39 is 5.91 Å². The molecule has 9 nitrogen and oxygen atoms in total. The molecule has 0 saturated carbocycles. The monoisotopic (exact) mass is 515 g/mol. The number of unbranched alkanes of at least 4 members (excludes halogenated alkanes) is 5. The summed E-state index contributed by atoms with van der Waals surface area (Å²) in [6.07, 6.45) is 8.23. The average Bonchev–Trinajstić information content (AvgIpc) is 3.39. The quantitative estimate of drug-likeness (QED) is 0.239. The Morgan fingerprint density at radius 2 is 1.84 bits per heavy atom.